The average Bonchev–Trinajstić information content (AvgIpc) is 2.59. The molecule has 0 amide bonds. The van der Waals surface area contributed by atoms with Gasteiger partial charge in [0.1, 0.15) is 35.0 Å². The van der Waals surface area contributed by atoms with Crippen LogP contribution in [-0.4, -0.2) is 46.5 Å². The molecule has 0 heterocycles. The fourth-order valence-electron chi connectivity index (χ4n) is 1.88. The first kappa shape index (κ1) is 26.9. The van der Waals surface area contributed by atoms with Crippen LogP contribution in [0.3, 0.4) is 0 Å². The monoisotopic (exact) mass is 462 g/mol. The van der Waals surface area contributed by atoms with Gasteiger partial charge in [-0.1, -0.05) is 30.3 Å². The molecule has 0 aliphatic carbocycles. The van der Waals surface area contributed by atoms with Gasteiger partial charge in [0.15, 0.2) is 5.78 Å². The number of aliphatic hydroxyl groups excluding tert-OH is 2. The van der Waals surface area contributed by atoms with E-state index in [1.54, 1.807) is 42.5 Å². The van der Waals surface area contributed by atoms with E-state index < -0.39 is 18.7 Å². The Morgan fingerprint density at radius 1 is 0.931 bits per heavy atom. The van der Waals surface area contributed by atoms with Gasteiger partial charge in [-0.2, -0.15) is 10.5 Å². The van der Waals surface area contributed by atoms with Crippen LogP contribution in [0.4, 0.5) is 25.2 Å². The van der Waals surface area contributed by atoms with Crippen molar-refractivity contribution in [3.8, 4) is 12.1 Å². The van der Waals surface area contributed by atoms with E-state index >= 15 is 0 Å². The van der Waals surface area contributed by atoms with E-state index in [-0.39, 0.29) is 35.9 Å². The molecule has 0 atom stereocenters. The minimum Gasteiger partial charge on any atom is -0.391 e. The second-order valence-corrected chi connectivity index (χ2v) is 9.59. The van der Waals surface area contributed by atoms with Crippen LogP contribution in [0.1, 0.15) is 10.4 Å². The summed E-state index contributed by atoms with van der Waals surface area (Å²) in [5.74, 6) is 0.713. The Kier molecular flexibility index (Phi) is 9.35. The van der Waals surface area contributed by atoms with E-state index in [1.165, 1.54) is 0 Å². The summed E-state index contributed by atoms with van der Waals surface area (Å²) < 4.78 is 59.2. The van der Waals surface area contributed by atoms with Gasteiger partial charge in [0.2, 0.25) is 0 Å². The molecular weight excluding hydrogens is 445 g/mol. The number of hydrogen-bond acceptors (Lipinski definition) is 5. The summed E-state index contributed by atoms with van der Waals surface area (Å²) in [6.07, 6.45) is 0. The first-order valence-corrected chi connectivity index (χ1v) is 11.4. The molecule has 2 N–H and O–H groups in total. The summed E-state index contributed by atoms with van der Waals surface area (Å²) in [5.41, 5.74) is 0.362. The van der Waals surface area contributed by atoms with E-state index in [0.717, 1.165) is 0 Å². The minimum atomic E-state index is -10.7. The van der Waals surface area contributed by atoms with E-state index in [1.807, 2.05) is 0 Å². The number of halogens is 6. The number of ketones is 1. The number of nitrogens with zero attached hydrogens (tertiary/aromatic N) is 2. The summed E-state index contributed by atoms with van der Waals surface area (Å²) in [7, 11) is -11.1. The van der Waals surface area contributed by atoms with Crippen molar-refractivity contribution in [2.24, 2.45) is 0 Å². The van der Waals surface area contributed by atoms with Crippen LogP contribution in [0, 0.1) is 22.7 Å². The Labute approximate surface area is 165 Å². The van der Waals surface area contributed by atoms with Gasteiger partial charge in [-0.05, 0) is 10.9 Å². The maximum absolute atomic E-state index is 12.6. The normalized spacial score (nSPS) is 13.1. The number of aliphatic hydroxyl groups is 2. The van der Waals surface area contributed by atoms with Gasteiger partial charge in [-0.25, -0.2) is 0 Å². The molecule has 0 aliphatic rings. The molecule has 0 fully saturated rings. The van der Waals surface area contributed by atoms with Crippen molar-refractivity contribution in [2.45, 2.75) is 0 Å². The van der Waals surface area contributed by atoms with Gasteiger partial charge in [-0.15, -0.1) is 0 Å². The maximum Gasteiger partial charge on any atom is 0.195 e. The molecule has 0 saturated heterocycles. The molecule has 1 rings (SSSR count). The van der Waals surface area contributed by atoms with Gasteiger partial charge in [0.25, 0.3) is 0 Å². The number of rotatable bonds is 8. The molecule has 13 heteroatoms. The fraction of sp³-hybridized carbons (Fsp3) is 0.312. The quantitative estimate of drug-likeness (QED) is 0.151. The molecule has 5 nitrogen and oxygen atoms in total. The Morgan fingerprint density at radius 3 is 1.69 bits per heavy atom. The number of allylic oxidation sites excluding steroid dienone is 1. The molecule has 0 radical (unpaired) electrons. The zero-order valence-electron chi connectivity index (χ0n) is 14.7. The topological polar surface area (TPSA) is 105 Å². The van der Waals surface area contributed by atoms with Gasteiger partial charge < -0.3 is 10.2 Å². The molecule has 1 aromatic rings. The van der Waals surface area contributed by atoms with Gasteiger partial charge in [0.05, 0.1) is 18.8 Å². The summed E-state index contributed by atoms with van der Waals surface area (Å²) in [6, 6.07) is 12.0. The zero-order valence-corrected chi connectivity index (χ0v) is 16.5. The number of benzene rings is 1. The molecule has 0 aliphatic heterocycles. The smallest absolute Gasteiger partial charge is 0.195 e. The zero-order chi connectivity index (χ0) is 22.8. The maximum atomic E-state index is 12.6. The molecule has 0 aromatic heterocycles. The SMILES string of the molecule is F[P-](F)(F)(F)(F)F.N#CC(C#N)=C(C[S+](CCO)CCO)C(=O)c1ccccc1. The Bertz CT molecular complexity index is 784. The molecule has 162 valence electrons. The van der Waals surface area contributed by atoms with Crippen molar-refractivity contribution in [3.63, 3.8) is 0 Å². The number of carbonyl (C=O) groups is 1. The number of Topliss-reactive ketones (excluding diaryl/α,β-unsaturated/α-hetero) is 1. The van der Waals surface area contributed by atoms with Crippen molar-refractivity contribution in [1.29, 1.82) is 10.5 Å². The first-order chi connectivity index (χ1) is 13.1. The largest absolute Gasteiger partial charge is 0.391 e. The molecule has 0 bridgehead atoms. The van der Waals surface area contributed by atoms with Crippen LogP contribution >= 0.6 is 7.81 Å². The summed E-state index contributed by atoms with van der Waals surface area (Å²) in [6.45, 7) is -0.130. The Hall–Kier alpha value is -2.11. The van der Waals surface area contributed by atoms with E-state index in [2.05, 4.69) is 0 Å². The predicted octanol–water partition coefficient (Wildman–Crippen LogP) is 4.20. The van der Waals surface area contributed by atoms with Crippen LogP contribution in [0.15, 0.2) is 41.5 Å². The minimum absolute atomic E-state index is 0.0651. The van der Waals surface area contributed by atoms with Gasteiger partial charge >= 0.3 is 33.0 Å². The average molecular weight is 462 g/mol. The van der Waals surface area contributed by atoms with Crippen LogP contribution < -0.4 is 0 Å². The van der Waals surface area contributed by atoms with Gasteiger partial charge in [-0.3, -0.25) is 4.79 Å². The summed E-state index contributed by atoms with van der Waals surface area (Å²) >= 11 is 0. The second kappa shape index (κ2) is 10.1. The third kappa shape index (κ3) is 14.5. The Balaban J connectivity index is 0.000000956. The molecule has 0 unspecified atom stereocenters. The van der Waals surface area contributed by atoms with Crippen molar-refractivity contribution in [3.05, 3.63) is 47.0 Å². The van der Waals surface area contributed by atoms with Crippen molar-refractivity contribution in [1.82, 2.24) is 0 Å². The molecule has 29 heavy (non-hydrogen) atoms. The Morgan fingerprint density at radius 2 is 1.34 bits per heavy atom. The number of carbonyl (C=O) groups excluding carboxylic acids is 1. The van der Waals surface area contributed by atoms with Crippen LogP contribution in [-0.2, 0) is 10.9 Å². The number of hydrogen-bond donors (Lipinski definition) is 2. The standard InChI is InChI=1S/C16H17N2O3S.F6P/c17-10-14(11-18)15(12-22(8-6-19)9-7-20)16(21)13-4-2-1-3-5-13;1-7(2,3,4,5)6/h1-5,19-20H,6-9,12H2;/q+1;-1. The van der Waals surface area contributed by atoms with Crippen LogP contribution in [0.25, 0.3) is 0 Å². The van der Waals surface area contributed by atoms with Gasteiger partial charge in [0, 0.05) is 5.56 Å². The molecule has 0 saturated carbocycles. The second-order valence-electron chi connectivity index (χ2n) is 5.34. The fourth-order valence-corrected chi connectivity index (χ4v) is 3.58. The summed E-state index contributed by atoms with van der Waals surface area (Å²) in [5, 5.41) is 36.3. The first-order valence-electron chi connectivity index (χ1n) is 7.68. The van der Waals surface area contributed by atoms with Crippen LogP contribution in [0.5, 0.6) is 0 Å². The van der Waals surface area contributed by atoms with Crippen molar-refractivity contribution in [2.75, 3.05) is 30.5 Å². The molecule has 0 spiro atoms. The van der Waals surface area contributed by atoms with E-state index in [4.69, 9.17) is 20.7 Å². The third-order valence-electron chi connectivity index (χ3n) is 2.94. The number of nitriles is 2. The van der Waals surface area contributed by atoms with E-state index in [0.29, 0.717) is 17.1 Å². The molecule has 1 aromatic carbocycles. The van der Waals surface area contributed by atoms with E-state index in [9.17, 15) is 30.0 Å². The predicted molar refractivity (Wildman–Crippen MR) is 98.7 cm³/mol. The third-order valence-corrected chi connectivity index (χ3v) is 5.16. The summed E-state index contributed by atoms with van der Waals surface area (Å²) in [4.78, 5) is 12.6. The molecular formula is C16H17F6N2O3PS. The van der Waals surface area contributed by atoms with Crippen molar-refractivity contribution >= 4 is 24.5 Å². The van der Waals surface area contributed by atoms with Crippen LogP contribution in [0.2, 0.25) is 0 Å². The van der Waals surface area contributed by atoms with Crippen molar-refractivity contribution < 1.29 is 40.2 Å².